The van der Waals surface area contributed by atoms with E-state index in [1.165, 1.54) is 0 Å². The lowest BCUT2D eigenvalue weighted by Gasteiger charge is -2.11. The molecule has 0 saturated carbocycles. The van der Waals surface area contributed by atoms with Crippen LogP contribution in [0.1, 0.15) is 30.9 Å². The minimum Gasteiger partial charge on any atom is -0.492 e. The van der Waals surface area contributed by atoms with E-state index in [4.69, 9.17) is 9.47 Å². The fourth-order valence-electron chi connectivity index (χ4n) is 2.64. The zero-order chi connectivity index (χ0) is 21.2. The van der Waals surface area contributed by atoms with Gasteiger partial charge in [0.1, 0.15) is 5.75 Å². The first kappa shape index (κ1) is 21.9. The Kier molecular flexibility index (Phi) is 8.21. The van der Waals surface area contributed by atoms with E-state index >= 15 is 0 Å². The van der Waals surface area contributed by atoms with Crippen LogP contribution in [-0.4, -0.2) is 31.0 Å². The lowest BCUT2D eigenvalue weighted by Crippen LogP contribution is -2.22. The van der Waals surface area contributed by atoms with Gasteiger partial charge in [-0.1, -0.05) is 29.8 Å². The number of anilines is 2. The van der Waals surface area contributed by atoms with E-state index in [0.29, 0.717) is 23.7 Å². The summed E-state index contributed by atoms with van der Waals surface area (Å²) in [5, 5.41) is 5.41. The topological polar surface area (TPSA) is 93.7 Å². The number of hydrogen-bond acceptors (Lipinski definition) is 5. The molecule has 7 nitrogen and oxygen atoms in total. The Labute approximate surface area is 170 Å². The number of hydrogen-bond donors (Lipinski definition) is 2. The summed E-state index contributed by atoms with van der Waals surface area (Å²) in [5.41, 5.74) is 3.26. The van der Waals surface area contributed by atoms with Crippen molar-refractivity contribution in [2.75, 3.05) is 23.8 Å². The second kappa shape index (κ2) is 10.8. The van der Waals surface area contributed by atoms with E-state index in [9.17, 15) is 14.4 Å². The first-order chi connectivity index (χ1) is 13.9. The number of carbonyl (C=O) groups excluding carboxylic acids is 3. The smallest absolute Gasteiger partial charge is 0.306 e. The van der Waals surface area contributed by atoms with E-state index in [-0.39, 0.29) is 18.7 Å². The predicted octanol–water partition coefficient (Wildman–Crippen LogP) is 3.60. The summed E-state index contributed by atoms with van der Waals surface area (Å²) in [6.07, 6.45) is -0.138. The number of rotatable bonds is 9. The summed E-state index contributed by atoms with van der Waals surface area (Å²) in [6, 6.07) is 12.7. The van der Waals surface area contributed by atoms with Crippen molar-refractivity contribution in [1.82, 2.24) is 0 Å². The molecule has 0 unspecified atom stereocenters. The van der Waals surface area contributed by atoms with Gasteiger partial charge in [-0.3, -0.25) is 14.4 Å². The van der Waals surface area contributed by atoms with Crippen molar-refractivity contribution in [3.05, 3.63) is 53.6 Å². The molecule has 0 heterocycles. The van der Waals surface area contributed by atoms with Crippen LogP contribution in [0.5, 0.6) is 5.75 Å². The van der Waals surface area contributed by atoms with E-state index in [1.807, 2.05) is 39.0 Å². The highest BCUT2D eigenvalue weighted by molar-refractivity contribution is 5.95. The zero-order valence-corrected chi connectivity index (χ0v) is 16.9. The van der Waals surface area contributed by atoms with Gasteiger partial charge in [0.05, 0.1) is 18.7 Å². The van der Waals surface area contributed by atoms with Crippen LogP contribution in [-0.2, 0) is 19.1 Å². The molecule has 2 N–H and O–H groups in total. The molecular weight excluding hydrogens is 372 g/mol. The minimum atomic E-state index is -0.617. The Morgan fingerprint density at radius 3 is 2.34 bits per heavy atom. The van der Waals surface area contributed by atoms with Crippen LogP contribution in [0, 0.1) is 13.8 Å². The summed E-state index contributed by atoms with van der Waals surface area (Å²) in [7, 11) is 0. The number of carbonyl (C=O) groups is 3. The van der Waals surface area contributed by atoms with Gasteiger partial charge in [0, 0.05) is 12.1 Å². The van der Waals surface area contributed by atoms with Crippen molar-refractivity contribution >= 4 is 29.2 Å². The minimum absolute atomic E-state index is 0.0268. The van der Waals surface area contributed by atoms with Crippen molar-refractivity contribution in [3.8, 4) is 5.75 Å². The van der Waals surface area contributed by atoms with Gasteiger partial charge in [0.2, 0.25) is 5.91 Å². The first-order valence-corrected chi connectivity index (χ1v) is 9.43. The maximum atomic E-state index is 12.0. The fourth-order valence-corrected chi connectivity index (χ4v) is 2.64. The molecule has 0 atom stereocenters. The molecule has 154 valence electrons. The third kappa shape index (κ3) is 7.29. The second-order valence-corrected chi connectivity index (χ2v) is 6.50. The number of benzene rings is 2. The lowest BCUT2D eigenvalue weighted by molar-refractivity contribution is -0.147. The maximum absolute atomic E-state index is 12.0. The summed E-state index contributed by atoms with van der Waals surface area (Å²) in [4.78, 5) is 35.8. The summed E-state index contributed by atoms with van der Waals surface area (Å²) in [5.74, 6) is -0.846. The lowest BCUT2D eigenvalue weighted by atomic mass is 10.1. The van der Waals surface area contributed by atoms with Crippen molar-refractivity contribution in [1.29, 1.82) is 0 Å². The molecule has 0 saturated heterocycles. The average molecular weight is 398 g/mol. The molecule has 2 amide bonds. The van der Waals surface area contributed by atoms with Crippen LogP contribution in [0.2, 0.25) is 0 Å². The third-order valence-corrected chi connectivity index (χ3v) is 4.04. The summed E-state index contributed by atoms with van der Waals surface area (Å²) >= 11 is 0. The van der Waals surface area contributed by atoms with E-state index in [1.54, 1.807) is 24.3 Å². The van der Waals surface area contributed by atoms with Gasteiger partial charge >= 0.3 is 5.97 Å². The molecule has 0 fully saturated rings. The Morgan fingerprint density at radius 1 is 0.897 bits per heavy atom. The Morgan fingerprint density at radius 2 is 1.62 bits per heavy atom. The number of amides is 2. The van der Waals surface area contributed by atoms with Crippen molar-refractivity contribution in [3.63, 3.8) is 0 Å². The summed E-state index contributed by atoms with van der Waals surface area (Å²) < 4.78 is 10.4. The van der Waals surface area contributed by atoms with Crippen molar-refractivity contribution < 1.29 is 23.9 Å². The standard InChI is InChI=1S/C22H26N2O5/c1-4-28-19-8-6-5-7-18(19)24-21(26)14-29-22(27)12-11-20(25)23-17-10-9-15(2)13-16(17)3/h5-10,13H,4,11-12,14H2,1-3H3,(H,23,25)(H,24,26). The molecule has 0 aliphatic carbocycles. The number of aryl methyl sites for hydroxylation is 2. The first-order valence-electron chi connectivity index (χ1n) is 9.43. The van der Waals surface area contributed by atoms with Gasteiger partial charge in [-0.2, -0.15) is 0 Å². The van der Waals surface area contributed by atoms with E-state index in [0.717, 1.165) is 11.1 Å². The predicted molar refractivity (Wildman–Crippen MR) is 111 cm³/mol. The molecular formula is C22H26N2O5. The summed E-state index contributed by atoms with van der Waals surface area (Å²) in [6.45, 7) is 5.75. The Bertz CT molecular complexity index is 879. The SMILES string of the molecule is CCOc1ccccc1NC(=O)COC(=O)CCC(=O)Nc1ccc(C)cc1C. The third-order valence-electron chi connectivity index (χ3n) is 4.04. The van der Waals surface area contributed by atoms with E-state index < -0.39 is 18.5 Å². The van der Waals surface area contributed by atoms with Gasteiger partial charge in [0.15, 0.2) is 6.61 Å². The quantitative estimate of drug-likeness (QED) is 0.630. The van der Waals surface area contributed by atoms with Crippen LogP contribution >= 0.6 is 0 Å². The number of ether oxygens (including phenoxy) is 2. The van der Waals surface area contributed by atoms with Gasteiger partial charge in [-0.15, -0.1) is 0 Å². The molecule has 2 rings (SSSR count). The molecule has 0 spiro atoms. The van der Waals surface area contributed by atoms with Crippen molar-refractivity contribution in [2.24, 2.45) is 0 Å². The number of esters is 1. The largest absolute Gasteiger partial charge is 0.492 e. The van der Waals surface area contributed by atoms with Crippen LogP contribution in [0.3, 0.4) is 0 Å². The van der Waals surface area contributed by atoms with Crippen LogP contribution in [0.25, 0.3) is 0 Å². The number of para-hydroxylation sites is 2. The fraction of sp³-hybridized carbons (Fsp3) is 0.318. The van der Waals surface area contributed by atoms with Crippen LogP contribution in [0.4, 0.5) is 11.4 Å². The molecule has 0 aliphatic heterocycles. The molecule has 0 bridgehead atoms. The van der Waals surface area contributed by atoms with Gasteiger partial charge in [-0.05, 0) is 44.5 Å². The van der Waals surface area contributed by atoms with Gasteiger partial charge in [0.25, 0.3) is 5.91 Å². The van der Waals surface area contributed by atoms with Crippen LogP contribution in [0.15, 0.2) is 42.5 Å². The van der Waals surface area contributed by atoms with E-state index in [2.05, 4.69) is 10.6 Å². The molecule has 0 aliphatic rings. The average Bonchev–Trinajstić information content (AvgIpc) is 2.68. The van der Waals surface area contributed by atoms with Crippen LogP contribution < -0.4 is 15.4 Å². The highest BCUT2D eigenvalue weighted by Gasteiger charge is 2.13. The highest BCUT2D eigenvalue weighted by Crippen LogP contribution is 2.23. The van der Waals surface area contributed by atoms with Gasteiger partial charge < -0.3 is 20.1 Å². The Balaban J connectivity index is 1.74. The number of nitrogens with one attached hydrogen (secondary N) is 2. The highest BCUT2D eigenvalue weighted by atomic mass is 16.5. The molecule has 0 aromatic heterocycles. The van der Waals surface area contributed by atoms with Crippen molar-refractivity contribution in [2.45, 2.75) is 33.6 Å². The maximum Gasteiger partial charge on any atom is 0.306 e. The molecule has 2 aromatic rings. The van der Waals surface area contributed by atoms with Gasteiger partial charge in [-0.25, -0.2) is 0 Å². The zero-order valence-electron chi connectivity index (χ0n) is 16.9. The Hall–Kier alpha value is -3.35. The molecule has 2 aromatic carbocycles. The molecule has 7 heteroatoms. The monoisotopic (exact) mass is 398 g/mol. The normalized spacial score (nSPS) is 10.2. The second-order valence-electron chi connectivity index (χ2n) is 6.50. The molecule has 0 radical (unpaired) electrons. The molecule has 29 heavy (non-hydrogen) atoms.